The summed E-state index contributed by atoms with van der Waals surface area (Å²) in [4.78, 5) is 34.6. The first-order valence-corrected chi connectivity index (χ1v) is 10.6. The molecule has 0 radical (unpaired) electrons. The quantitative estimate of drug-likeness (QED) is 0.369. The van der Waals surface area contributed by atoms with E-state index in [-0.39, 0.29) is 45.9 Å². The highest BCUT2D eigenvalue weighted by atomic mass is 35.5. The van der Waals surface area contributed by atoms with E-state index < -0.39 is 11.9 Å². The third-order valence-electron chi connectivity index (χ3n) is 4.82. The summed E-state index contributed by atoms with van der Waals surface area (Å²) in [5, 5.41) is 9.60. The Bertz CT molecular complexity index is 1300. The van der Waals surface area contributed by atoms with E-state index >= 15 is 0 Å². The van der Waals surface area contributed by atoms with Crippen molar-refractivity contribution in [3.63, 3.8) is 0 Å². The van der Waals surface area contributed by atoms with Crippen molar-refractivity contribution in [2.75, 3.05) is 13.7 Å². The van der Waals surface area contributed by atoms with E-state index in [1.165, 1.54) is 19.3 Å². The second-order valence-corrected chi connectivity index (χ2v) is 7.61. The number of halogens is 1. The number of carbonyl (C=O) groups excluding carboxylic acids is 2. The number of methoxy groups -OCH3 is 1. The van der Waals surface area contributed by atoms with Gasteiger partial charge in [-0.15, -0.1) is 5.06 Å². The lowest BCUT2D eigenvalue weighted by Gasteiger charge is -2.23. The van der Waals surface area contributed by atoms with Crippen molar-refractivity contribution < 1.29 is 28.6 Å². The van der Waals surface area contributed by atoms with E-state index in [1.807, 2.05) is 0 Å². The molecule has 2 aliphatic heterocycles. The lowest BCUT2D eigenvalue weighted by atomic mass is 10.1. The van der Waals surface area contributed by atoms with Crippen LogP contribution in [0.1, 0.15) is 29.8 Å². The summed E-state index contributed by atoms with van der Waals surface area (Å²) in [6, 6.07) is 9.57. The SMILES string of the molecule is CCOc1cc(/C=C2/C(=N)N3OC(C)=CC3=NC2=O)cc(Cl)c1OC(=O)c1cccc(OC)c1. The third-order valence-corrected chi connectivity index (χ3v) is 5.10. The number of hydrogen-bond acceptors (Lipinski definition) is 7. The molecule has 2 heterocycles. The molecule has 0 atom stereocenters. The lowest BCUT2D eigenvalue weighted by molar-refractivity contribution is -0.114. The zero-order chi connectivity index (χ0) is 24.4. The summed E-state index contributed by atoms with van der Waals surface area (Å²) in [6.45, 7) is 3.74. The second kappa shape index (κ2) is 9.40. The van der Waals surface area contributed by atoms with Crippen LogP contribution >= 0.6 is 11.6 Å². The maximum atomic E-state index is 12.7. The van der Waals surface area contributed by atoms with Crippen LogP contribution in [0.4, 0.5) is 0 Å². The van der Waals surface area contributed by atoms with Crippen LogP contribution in [-0.2, 0) is 9.63 Å². The van der Waals surface area contributed by atoms with Crippen molar-refractivity contribution >= 4 is 41.2 Å². The molecule has 1 N–H and O–H groups in total. The number of fused-ring (bicyclic) bond motifs is 1. The van der Waals surface area contributed by atoms with Gasteiger partial charge < -0.3 is 19.0 Å². The molecule has 0 saturated heterocycles. The molecule has 0 bridgehead atoms. The van der Waals surface area contributed by atoms with Crippen LogP contribution in [0.2, 0.25) is 5.02 Å². The lowest BCUT2D eigenvalue weighted by Crippen LogP contribution is -2.38. The number of benzene rings is 2. The molecular formula is C24H20ClN3O6. The van der Waals surface area contributed by atoms with Crippen LogP contribution in [0, 0.1) is 5.41 Å². The Morgan fingerprint density at radius 1 is 1.29 bits per heavy atom. The van der Waals surface area contributed by atoms with Crippen molar-refractivity contribution in [3.05, 3.63) is 70.0 Å². The average Bonchev–Trinajstić information content (AvgIpc) is 3.19. The Labute approximate surface area is 200 Å². The van der Waals surface area contributed by atoms with E-state index in [0.717, 1.165) is 5.06 Å². The highest BCUT2D eigenvalue weighted by molar-refractivity contribution is 6.34. The summed E-state index contributed by atoms with van der Waals surface area (Å²) in [7, 11) is 1.50. The minimum absolute atomic E-state index is 0.00601. The molecule has 2 aliphatic rings. The standard InChI is InChI=1S/C24H20ClN3O6/c1-4-32-19-11-14(9-17-22(26)28-20(27-23(17)29)8-13(2)34-28)10-18(25)21(19)33-24(30)15-6-5-7-16(12-15)31-3/h5-12,26H,4H2,1-3H3/b17-9-,26-22?. The van der Waals surface area contributed by atoms with Crippen molar-refractivity contribution in [2.45, 2.75) is 13.8 Å². The van der Waals surface area contributed by atoms with Gasteiger partial charge in [-0.3, -0.25) is 10.2 Å². The molecule has 4 rings (SSSR count). The number of rotatable bonds is 6. The Morgan fingerprint density at radius 2 is 2.09 bits per heavy atom. The molecule has 2 aromatic rings. The Morgan fingerprint density at radius 3 is 2.82 bits per heavy atom. The summed E-state index contributed by atoms with van der Waals surface area (Å²) >= 11 is 6.44. The number of amidine groups is 2. The molecule has 0 unspecified atom stereocenters. The normalized spacial score (nSPS) is 16.0. The number of carbonyl (C=O) groups is 2. The third kappa shape index (κ3) is 4.51. The number of hydroxylamine groups is 2. The maximum absolute atomic E-state index is 12.7. The van der Waals surface area contributed by atoms with Gasteiger partial charge in [0.15, 0.2) is 23.2 Å². The van der Waals surface area contributed by atoms with Gasteiger partial charge in [0.25, 0.3) is 5.91 Å². The summed E-state index contributed by atoms with van der Waals surface area (Å²) in [5.74, 6) is 0.106. The first-order valence-electron chi connectivity index (χ1n) is 10.2. The zero-order valence-corrected chi connectivity index (χ0v) is 19.3. The molecule has 0 saturated carbocycles. The molecule has 0 aromatic heterocycles. The van der Waals surface area contributed by atoms with E-state index in [1.54, 1.807) is 50.3 Å². The molecule has 9 nitrogen and oxygen atoms in total. The van der Waals surface area contributed by atoms with Gasteiger partial charge in [0.2, 0.25) is 0 Å². The Hall–Kier alpha value is -4.11. The van der Waals surface area contributed by atoms with E-state index in [0.29, 0.717) is 17.1 Å². The Kier molecular flexibility index (Phi) is 6.38. The Balaban J connectivity index is 1.66. The number of allylic oxidation sites excluding steroid dienone is 1. The molecule has 34 heavy (non-hydrogen) atoms. The molecule has 0 spiro atoms. The number of nitrogens with zero attached hydrogens (tertiary/aromatic N) is 2. The molecule has 2 aromatic carbocycles. The van der Waals surface area contributed by atoms with Gasteiger partial charge in [0, 0.05) is 6.08 Å². The summed E-state index contributed by atoms with van der Waals surface area (Å²) in [6.07, 6.45) is 3.02. The number of amides is 1. The maximum Gasteiger partial charge on any atom is 0.343 e. The van der Waals surface area contributed by atoms with Crippen LogP contribution in [0.5, 0.6) is 17.2 Å². The van der Waals surface area contributed by atoms with Crippen molar-refractivity contribution in [2.24, 2.45) is 4.99 Å². The monoisotopic (exact) mass is 481 g/mol. The fraction of sp³-hybridized carbons (Fsp3) is 0.167. The number of aliphatic imine (C=N–C) groups is 1. The molecule has 10 heteroatoms. The van der Waals surface area contributed by atoms with Gasteiger partial charge in [-0.1, -0.05) is 17.7 Å². The summed E-state index contributed by atoms with van der Waals surface area (Å²) < 4.78 is 16.3. The van der Waals surface area contributed by atoms with Crippen molar-refractivity contribution in [1.82, 2.24) is 5.06 Å². The topological polar surface area (TPSA) is 111 Å². The first-order chi connectivity index (χ1) is 16.3. The highest BCUT2D eigenvalue weighted by Gasteiger charge is 2.34. The molecule has 0 aliphatic carbocycles. The van der Waals surface area contributed by atoms with Crippen LogP contribution in [0.3, 0.4) is 0 Å². The van der Waals surface area contributed by atoms with Crippen LogP contribution in [0.25, 0.3) is 6.08 Å². The van der Waals surface area contributed by atoms with Crippen molar-refractivity contribution in [3.8, 4) is 17.2 Å². The average molecular weight is 482 g/mol. The molecule has 1 amide bonds. The fourth-order valence-corrected chi connectivity index (χ4v) is 3.56. The zero-order valence-electron chi connectivity index (χ0n) is 18.5. The smallest absolute Gasteiger partial charge is 0.343 e. The van der Waals surface area contributed by atoms with Crippen LogP contribution in [-0.4, -0.2) is 42.3 Å². The van der Waals surface area contributed by atoms with E-state index in [2.05, 4.69) is 4.99 Å². The first kappa shape index (κ1) is 23.1. The minimum atomic E-state index is -0.645. The molecule has 174 valence electrons. The predicted molar refractivity (Wildman–Crippen MR) is 125 cm³/mol. The van der Waals surface area contributed by atoms with E-state index in [4.69, 9.17) is 36.1 Å². The van der Waals surface area contributed by atoms with Gasteiger partial charge in [-0.05, 0) is 55.8 Å². The highest BCUT2D eigenvalue weighted by Crippen LogP contribution is 2.38. The van der Waals surface area contributed by atoms with Gasteiger partial charge in [0.05, 0.1) is 29.9 Å². The summed E-state index contributed by atoms with van der Waals surface area (Å²) in [5.41, 5.74) is 0.727. The van der Waals surface area contributed by atoms with Gasteiger partial charge >= 0.3 is 5.97 Å². The molecular weight excluding hydrogens is 462 g/mol. The predicted octanol–water partition coefficient (Wildman–Crippen LogP) is 4.42. The number of ether oxygens (including phenoxy) is 3. The minimum Gasteiger partial charge on any atom is -0.497 e. The fourth-order valence-electron chi connectivity index (χ4n) is 3.30. The van der Waals surface area contributed by atoms with Crippen LogP contribution < -0.4 is 14.2 Å². The van der Waals surface area contributed by atoms with Gasteiger partial charge in [-0.2, -0.15) is 4.99 Å². The largest absolute Gasteiger partial charge is 0.497 e. The van der Waals surface area contributed by atoms with E-state index in [9.17, 15) is 9.59 Å². The number of esters is 1. The molecule has 0 fully saturated rings. The second-order valence-electron chi connectivity index (χ2n) is 7.21. The van der Waals surface area contributed by atoms with Crippen molar-refractivity contribution in [1.29, 1.82) is 5.41 Å². The van der Waals surface area contributed by atoms with Gasteiger partial charge in [0.1, 0.15) is 11.5 Å². The number of hydrogen-bond donors (Lipinski definition) is 1. The van der Waals surface area contributed by atoms with Crippen LogP contribution in [0.15, 0.2) is 58.8 Å². The number of nitrogens with one attached hydrogen (secondary N) is 1. The van der Waals surface area contributed by atoms with Gasteiger partial charge in [-0.25, -0.2) is 4.79 Å².